The van der Waals surface area contributed by atoms with Gasteiger partial charge in [-0.25, -0.2) is 0 Å². The topological polar surface area (TPSA) is 40.1 Å². The van der Waals surface area contributed by atoms with Gasteiger partial charge in [0.25, 0.3) is 0 Å². The van der Waals surface area contributed by atoms with Crippen molar-refractivity contribution >= 4 is 5.71 Å². The minimum absolute atomic E-state index is 0.189. The Morgan fingerprint density at radius 1 is 1.26 bits per heavy atom. The maximum Gasteiger partial charge on any atom is 0.0689 e. The van der Waals surface area contributed by atoms with E-state index in [0.29, 0.717) is 17.4 Å². The van der Waals surface area contributed by atoms with E-state index in [4.69, 9.17) is 9.84 Å². The average molecular weight is 377 g/mol. The Balaban J connectivity index is 1.41. The van der Waals surface area contributed by atoms with Crippen molar-refractivity contribution in [2.45, 2.75) is 70.4 Å². The Morgan fingerprint density at radius 2 is 2.04 bits per heavy atom. The lowest BCUT2D eigenvalue weighted by molar-refractivity contribution is -0.0405. The number of nitrogens with one attached hydrogen (secondary N) is 1. The number of hydrazone groups is 1. The van der Waals surface area contributed by atoms with Gasteiger partial charge in [-0.2, -0.15) is 5.10 Å². The predicted octanol–water partition coefficient (Wildman–Crippen LogP) is 2.96. The van der Waals surface area contributed by atoms with E-state index in [1.165, 1.54) is 57.2 Å². The van der Waals surface area contributed by atoms with Crippen molar-refractivity contribution < 1.29 is 4.74 Å². The molecule has 3 aliphatic heterocycles. The third-order valence-corrected chi connectivity index (χ3v) is 7.52. The first-order valence-electron chi connectivity index (χ1n) is 11.2. The van der Waals surface area contributed by atoms with Crippen LogP contribution in [0.5, 0.6) is 0 Å². The van der Waals surface area contributed by atoms with Gasteiger partial charge in [0.2, 0.25) is 0 Å². The highest BCUT2D eigenvalue weighted by molar-refractivity contribution is 5.90. The normalized spacial score (nSPS) is 38.0. The Kier molecular flexibility index (Phi) is 5.56. The summed E-state index contributed by atoms with van der Waals surface area (Å²) in [6, 6.07) is 0.678. The molecule has 5 nitrogen and oxygen atoms in total. The van der Waals surface area contributed by atoms with Crippen molar-refractivity contribution in [1.29, 1.82) is 0 Å². The largest absolute Gasteiger partial charge is 0.374 e. The van der Waals surface area contributed by atoms with Gasteiger partial charge in [0.15, 0.2) is 0 Å². The summed E-state index contributed by atoms with van der Waals surface area (Å²) in [5.74, 6) is 1.48. The first kappa shape index (κ1) is 19.7. The van der Waals surface area contributed by atoms with E-state index in [1.54, 1.807) is 0 Å². The lowest BCUT2D eigenvalue weighted by atomic mass is 9.68. The zero-order valence-corrected chi connectivity index (χ0v) is 18.0. The molecule has 0 amide bonds. The van der Waals surface area contributed by atoms with Crippen molar-refractivity contribution in [2.75, 3.05) is 46.9 Å². The zero-order valence-electron chi connectivity index (χ0n) is 18.0. The van der Waals surface area contributed by atoms with Crippen LogP contribution in [0.15, 0.2) is 5.10 Å². The SMILES string of the molecule is CNCCN(C)CC1=NN2CCCC2C1C1CCC2(CC1)CC(C)(C)CO2. The summed E-state index contributed by atoms with van der Waals surface area (Å²) >= 11 is 0. The van der Waals surface area contributed by atoms with E-state index in [0.717, 1.165) is 32.2 Å². The average Bonchev–Trinajstić information content (AvgIpc) is 3.28. The molecule has 1 aliphatic carbocycles. The maximum absolute atomic E-state index is 6.37. The molecule has 3 fully saturated rings. The van der Waals surface area contributed by atoms with E-state index in [9.17, 15) is 0 Å². The molecule has 0 aromatic rings. The third kappa shape index (κ3) is 4.06. The molecule has 3 heterocycles. The van der Waals surface area contributed by atoms with Gasteiger partial charge in [-0.05, 0) is 70.4 Å². The Morgan fingerprint density at radius 3 is 2.70 bits per heavy atom. The van der Waals surface area contributed by atoms with Crippen LogP contribution in [0, 0.1) is 17.3 Å². The van der Waals surface area contributed by atoms with E-state index < -0.39 is 0 Å². The van der Waals surface area contributed by atoms with Crippen LogP contribution in [0.4, 0.5) is 0 Å². The van der Waals surface area contributed by atoms with Gasteiger partial charge < -0.3 is 10.1 Å². The molecule has 2 saturated heterocycles. The zero-order chi connectivity index (χ0) is 19.1. The Bertz CT molecular complexity index is 553. The van der Waals surface area contributed by atoms with Crippen molar-refractivity contribution in [2.24, 2.45) is 22.4 Å². The number of fused-ring (bicyclic) bond motifs is 1. The van der Waals surface area contributed by atoms with Crippen molar-refractivity contribution in [3.8, 4) is 0 Å². The number of nitrogens with zero attached hydrogens (tertiary/aromatic N) is 3. The lowest BCUT2D eigenvalue weighted by Gasteiger charge is -2.40. The highest BCUT2D eigenvalue weighted by Gasteiger charge is 2.50. The lowest BCUT2D eigenvalue weighted by Crippen LogP contribution is -2.43. The summed E-state index contributed by atoms with van der Waals surface area (Å²) in [6.07, 6.45) is 9.07. The van der Waals surface area contributed by atoms with Gasteiger partial charge in [-0.15, -0.1) is 0 Å². The molecule has 4 aliphatic rings. The summed E-state index contributed by atoms with van der Waals surface area (Å²) in [4.78, 5) is 2.44. The molecule has 1 spiro atoms. The fraction of sp³-hybridized carbons (Fsp3) is 0.955. The molecule has 1 saturated carbocycles. The first-order chi connectivity index (χ1) is 12.9. The summed E-state index contributed by atoms with van der Waals surface area (Å²) in [7, 11) is 4.27. The molecule has 2 atom stereocenters. The number of hydrogen-bond acceptors (Lipinski definition) is 5. The maximum atomic E-state index is 6.37. The molecule has 154 valence electrons. The van der Waals surface area contributed by atoms with Gasteiger partial charge in [-0.1, -0.05) is 13.8 Å². The highest BCUT2D eigenvalue weighted by atomic mass is 16.5. The fourth-order valence-electron chi connectivity index (χ4n) is 6.27. The molecule has 0 aromatic carbocycles. The number of ether oxygens (including phenoxy) is 1. The van der Waals surface area contributed by atoms with Gasteiger partial charge >= 0.3 is 0 Å². The van der Waals surface area contributed by atoms with E-state index in [1.807, 2.05) is 7.05 Å². The number of likely N-dealkylation sites (N-methyl/N-ethyl adjacent to an activating group) is 2. The molecule has 2 unspecified atom stereocenters. The summed E-state index contributed by atoms with van der Waals surface area (Å²) < 4.78 is 6.37. The molecule has 0 aromatic heterocycles. The molecule has 4 rings (SSSR count). The third-order valence-electron chi connectivity index (χ3n) is 7.52. The molecule has 0 bridgehead atoms. The Hall–Kier alpha value is -0.650. The van der Waals surface area contributed by atoms with Crippen molar-refractivity contribution in [3.05, 3.63) is 0 Å². The Labute approximate surface area is 165 Å². The highest BCUT2D eigenvalue weighted by Crippen LogP contribution is 2.50. The van der Waals surface area contributed by atoms with Crippen molar-refractivity contribution in [1.82, 2.24) is 15.2 Å². The van der Waals surface area contributed by atoms with Crippen LogP contribution >= 0.6 is 0 Å². The van der Waals surface area contributed by atoms with E-state index in [2.05, 4.69) is 36.1 Å². The van der Waals surface area contributed by atoms with Gasteiger partial charge in [0, 0.05) is 32.1 Å². The first-order valence-corrected chi connectivity index (χ1v) is 11.2. The fourth-order valence-corrected chi connectivity index (χ4v) is 6.27. The smallest absolute Gasteiger partial charge is 0.0689 e. The van der Waals surface area contributed by atoms with Crippen LogP contribution in [-0.2, 0) is 4.74 Å². The van der Waals surface area contributed by atoms with Crippen LogP contribution in [0.25, 0.3) is 0 Å². The monoisotopic (exact) mass is 376 g/mol. The second-order valence-electron chi connectivity index (χ2n) is 10.5. The minimum atomic E-state index is 0.189. The molecule has 0 radical (unpaired) electrons. The summed E-state index contributed by atoms with van der Waals surface area (Å²) in [6.45, 7) is 10.0. The quantitative estimate of drug-likeness (QED) is 0.774. The van der Waals surface area contributed by atoms with Crippen LogP contribution in [0.2, 0.25) is 0 Å². The number of rotatable bonds is 6. The van der Waals surface area contributed by atoms with Crippen LogP contribution < -0.4 is 5.32 Å². The van der Waals surface area contributed by atoms with Gasteiger partial charge in [0.05, 0.1) is 24.0 Å². The van der Waals surface area contributed by atoms with Crippen LogP contribution in [0.3, 0.4) is 0 Å². The van der Waals surface area contributed by atoms with E-state index >= 15 is 0 Å². The van der Waals surface area contributed by atoms with Gasteiger partial charge in [-0.3, -0.25) is 9.91 Å². The predicted molar refractivity (Wildman–Crippen MR) is 111 cm³/mol. The molecule has 27 heavy (non-hydrogen) atoms. The van der Waals surface area contributed by atoms with E-state index in [-0.39, 0.29) is 5.60 Å². The van der Waals surface area contributed by atoms with Crippen LogP contribution in [0.1, 0.15) is 58.8 Å². The summed E-state index contributed by atoms with van der Waals surface area (Å²) in [5.41, 5.74) is 2.02. The molecular weight excluding hydrogens is 336 g/mol. The number of hydrogen-bond donors (Lipinski definition) is 1. The second kappa shape index (κ2) is 7.64. The standard InChI is InChI=1S/C22H40N4O/c1-21(2)15-22(27-16-21)9-7-17(8-10-22)20-18(14-25(4)13-11-23-3)24-26-12-5-6-19(20)26/h17,19-20,23H,5-16H2,1-4H3. The molecular formula is C22H40N4O. The van der Waals surface area contributed by atoms with Gasteiger partial charge in [0.1, 0.15) is 0 Å². The van der Waals surface area contributed by atoms with Crippen molar-refractivity contribution in [3.63, 3.8) is 0 Å². The summed E-state index contributed by atoms with van der Waals surface area (Å²) in [5, 5.41) is 10.8. The minimum Gasteiger partial charge on any atom is -0.374 e. The van der Waals surface area contributed by atoms with Crippen LogP contribution in [-0.4, -0.2) is 74.1 Å². The molecule has 5 heteroatoms. The second-order valence-corrected chi connectivity index (χ2v) is 10.5. The molecule has 1 N–H and O–H groups in total.